The average Bonchev–Trinajstić information content (AvgIpc) is 2.47. The number of nitro groups is 1. The summed E-state index contributed by atoms with van der Waals surface area (Å²) >= 11 is 0. The van der Waals surface area contributed by atoms with E-state index in [2.05, 4.69) is 17.1 Å². The van der Waals surface area contributed by atoms with Crippen LogP contribution in [0.2, 0.25) is 0 Å². The van der Waals surface area contributed by atoms with Gasteiger partial charge in [-0.3, -0.25) is 15.0 Å². The predicted molar refractivity (Wildman–Crippen MR) is 80.9 cm³/mol. The van der Waals surface area contributed by atoms with E-state index in [1.165, 1.54) is 19.3 Å². The zero-order valence-corrected chi connectivity index (χ0v) is 12.3. The van der Waals surface area contributed by atoms with Crippen LogP contribution in [0.3, 0.4) is 0 Å². The summed E-state index contributed by atoms with van der Waals surface area (Å²) < 4.78 is 0. The summed E-state index contributed by atoms with van der Waals surface area (Å²) in [6.45, 7) is 5.21. The Labute approximate surface area is 120 Å². The van der Waals surface area contributed by atoms with Crippen LogP contribution in [0.25, 0.3) is 0 Å². The van der Waals surface area contributed by atoms with E-state index in [0.717, 1.165) is 36.8 Å². The number of non-ortho nitro benzene ring substituents is 1. The lowest BCUT2D eigenvalue weighted by atomic mass is 9.95. The summed E-state index contributed by atoms with van der Waals surface area (Å²) in [5.41, 5.74) is 2.16. The number of piperidine rings is 1. The van der Waals surface area contributed by atoms with Crippen molar-refractivity contribution < 1.29 is 4.92 Å². The molecule has 0 aliphatic carbocycles. The minimum absolute atomic E-state index is 0.169. The smallest absolute Gasteiger partial charge is 0.269 e. The second-order valence-corrected chi connectivity index (χ2v) is 5.50. The third-order valence-corrected chi connectivity index (χ3v) is 4.14. The van der Waals surface area contributed by atoms with Crippen molar-refractivity contribution in [2.24, 2.45) is 5.92 Å². The van der Waals surface area contributed by atoms with Crippen LogP contribution in [-0.2, 0) is 6.54 Å². The van der Waals surface area contributed by atoms with Gasteiger partial charge in [-0.15, -0.1) is 0 Å². The zero-order valence-electron chi connectivity index (χ0n) is 12.3. The number of benzene rings is 1. The van der Waals surface area contributed by atoms with Crippen molar-refractivity contribution in [1.82, 2.24) is 4.90 Å². The molecule has 20 heavy (non-hydrogen) atoms. The number of rotatable bonds is 5. The molecule has 0 radical (unpaired) electrons. The van der Waals surface area contributed by atoms with Crippen molar-refractivity contribution >= 4 is 11.4 Å². The van der Waals surface area contributed by atoms with Crippen LogP contribution in [0.1, 0.15) is 31.7 Å². The molecule has 5 nitrogen and oxygen atoms in total. The molecule has 5 heteroatoms. The lowest BCUT2D eigenvalue weighted by molar-refractivity contribution is -0.384. The number of likely N-dealkylation sites (tertiary alicyclic amines) is 1. The van der Waals surface area contributed by atoms with Gasteiger partial charge in [0.15, 0.2) is 0 Å². The molecule has 0 amide bonds. The topological polar surface area (TPSA) is 58.4 Å². The van der Waals surface area contributed by atoms with Crippen LogP contribution in [0, 0.1) is 16.0 Å². The first kappa shape index (κ1) is 14.8. The molecule has 1 aromatic rings. The van der Waals surface area contributed by atoms with Crippen molar-refractivity contribution in [2.75, 3.05) is 25.5 Å². The molecule has 0 aromatic heterocycles. The molecule has 1 aromatic carbocycles. The second-order valence-electron chi connectivity index (χ2n) is 5.50. The first-order valence-corrected chi connectivity index (χ1v) is 7.31. The fraction of sp³-hybridized carbons (Fsp3) is 0.600. The summed E-state index contributed by atoms with van der Waals surface area (Å²) in [7, 11) is 1.86. The Morgan fingerprint density at radius 2 is 2.30 bits per heavy atom. The Kier molecular flexibility index (Phi) is 4.95. The average molecular weight is 277 g/mol. The minimum Gasteiger partial charge on any atom is -0.388 e. The Balaban J connectivity index is 2.14. The Morgan fingerprint density at radius 1 is 1.50 bits per heavy atom. The Morgan fingerprint density at radius 3 is 2.95 bits per heavy atom. The van der Waals surface area contributed by atoms with Crippen molar-refractivity contribution in [3.05, 3.63) is 33.9 Å². The Bertz CT molecular complexity index is 476. The lowest BCUT2D eigenvalue weighted by Crippen LogP contribution is -2.34. The highest BCUT2D eigenvalue weighted by molar-refractivity contribution is 5.55. The molecule has 1 aliphatic rings. The molecule has 1 atom stereocenters. The zero-order chi connectivity index (χ0) is 14.5. The molecule has 0 spiro atoms. The molecular formula is C15H23N3O2. The van der Waals surface area contributed by atoms with Crippen LogP contribution in [-0.4, -0.2) is 30.0 Å². The molecule has 1 aliphatic heterocycles. The number of nitrogens with one attached hydrogen (secondary N) is 1. The molecule has 110 valence electrons. The van der Waals surface area contributed by atoms with Gasteiger partial charge >= 0.3 is 0 Å². The van der Waals surface area contributed by atoms with Gasteiger partial charge in [0.1, 0.15) is 0 Å². The third-order valence-electron chi connectivity index (χ3n) is 4.14. The van der Waals surface area contributed by atoms with E-state index in [0.29, 0.717) is 0 Å². The van der Waals surface area contributed by atoms with Gasteiger partial charge in [0, 0.05) is 38.0 Å². The van der Waals surface area contributed by atoms with E-state index in [1.807, 2.05) is 7.05 Å². The first-order chi connectivity index (χ1) is 9.63. The van der Waals surface area contributed by atoms with Crippen molar-refractivity contribution in [3.63, 3.8) is 0 Å². The number of nitrogens with zero attached hydrogens (tertiary/aromatic N) is 2. The van der Waals surface area contributed by atoms with Crippen LogP contribution >= 0.6 is 0 Å². The summed E-state index contributed by atoms with van der Waals surface area (Å²) in [6.07, 6.45) is 3.74. The van der Waals surface area contributed by atoms with E-state index < -0.39 is 0 Å². The molecule has 1 saturated heterocycles. The van der Waals surface area contributed by atoms with E-state index in [4.69, 9.17) is 0 Å². The van der Waals surface area contributed by atoms with Crippen LogP contribution in [0.4, 0.5) is 11.4 Å². The normalized spacial score (nSPS) is 19.8. The number of hydrogen-bond donors (Lipinski definition) is 1. The van der Waals surface area contributed by atoms with Gasteiger partial charge in [-0.1, -0.05) is 13.3 Å². The van der Waals surface area contributed by atoms with Gasteiger partial charge in [-0.25, -0.2) is 0 Å². The monoisotopic (exact) mass is 277 g/mol. The summed E-state index contributed by atoms with van der Waals surface area (Å²) in [6, 6.07) is 5.05. The molecule has 0 bridgehead atoms. The SMILES string of the molecule is CCC1CCCN(Cc2cc([N+](=O)[O-])ccc2NC)C1. The predicted octanol–water partition coefficient (Wildman–Crippen LogP) is 3.26. The van der Waals surface area contributed by atoms with Gasteiger partial charge in [-0.2, -0.15) is 0 Å². The third kappa shape index (κ3) is 3.48. The van der Waals surface area contributed by atoms with Gasteiger partial charge in [0.2, 0.25) is 0 Å². The quantitative estimate of drug-likeness (QED) is 0.663. The maximum Gasteiger partial charge on any atom is 0.269 e. The standard InChI is InChI=1S/C15H23N3O2/c1-3-12-5-4-8-17(10-12)11-13-9-14(18(19)20)6-7-15(13)16-2/h6-7,9,12,16H,3-5,8,10-11H2,1-2H3. The van der Waals surface area contributed by atoms with E-state index in [1.54, 1.807) is 18.2 Å². The van der Waals surface area contributed by atoms with Gasteiger partial charge in [0.05, 0.1) is 4.92 Å². The van der Waals surface area contributed by atoms with Crippen LogP contribution in [0.5, 0.6) is 0 Å². The summed E-state index contributed by atoms with van der Waals surface area (Å²) in [4.78, 5) is 13.0. The molecular weight excluding hydrogens is 254 g/mol. The molecule has 0 saturated carbocycles. The van der Waals surface area contributed by atoms with Gasteiger partial charge in [-0.05, 0) is 36.9 Å². The largest absolute Gasteiger partial charge is 0.388 e. The molecule has 1 unspecified atom stereocenters. The number of hydrogen-bond acceptors (Lipinski definition) is 4. The second kappa shape index (κ2) is 6.70. The summed E-state index contributed by atoms with van der Waals surface area (Å²) in [5.74, 6) is 0.764. The first-order valence-electron chi connectivity index (χ1n) is 7.31. The fourth-order valence-corrected chi connectivity index (χ4v) is 2.94. The fourth-order valence-electron chi connectivity index (χ4n) is 2.94. The van der Waals surface area contributed by atoms with E-state index >= 15 is 0 Å². The highest BCUT2D eigenvalue weighted by Gasteiger charge is 2.20. The molecule has 1 heterocycles. The highest BCUT2D eigenvalue weighted by atomic mass is 16.6. The van der Waals surface area contributed by atoms with Crippen LogP contribution < -0.4 is 5.32 Å². The Hall–Kier alpha value is -1.62. The lowest BCUT2D eigenvalue weighted by Gasteiger charge is -2.32. The highest BCUT2D eigenvalue weighted by Crippen LogP contribution is 2.26. The molecule has 1 N–H and O–H groups in total. The van der Waals surface area contributed by atoms with Crippen molar-refractivity contribution in [1.29, 1.82) is 0 Å². The van der Waals surface area contributed by atoms with Crippen LogP contribution in [0.15, 0.2) is 18.2 Å². The minimum atomic E-state index is -0.325. The number of anilines is 1. The van der Waals surface area contributed by atoms with E-state index in [-0.39, 0.29) is 10.6 Å². The summed E-state index contributed by atoms with van der Waals surface area (Å²) in [5, 5.41) is 14.0. The molecule has 1 fully saturated rings. The van der Waals surface area contributed by atoms with Crippen molar-refractivity contribution in [2.45, 2.75) is 32.7 Å². The van der Waals surface area contributed by atoms with Gasteiger partial charge in [0.25, 0.3) is 5.69 Å². The maximum absolute atomic E-state index is 10.9. The van der Waals surface area contributed by atoms with Crippen molar-refractivity contribution in [3.8, 4) is 0 Å². The van der Waals surface area contributed by atoms with E-state index in [9.17, 15) is 10.1 Å². The number of nitro benzene ring substituents is 1. The molecule has 2 rings (SSSR count). The maximum atomic E-state index is 10.9. The van der Waals surface area contributed by atoms with Gasteiger partial charge < -0.3 is 5.32 Å².